The molecular weight excluding hydrogens is 242 g/mol. The number of aliphatic hydroxyl groups excluding tert-OH is 1. The third kappa shape index (κ3) is 2.61. The average molecular weight is 259 g/mol. The molecule has 0 saturated carbocycles. The molecule has 2 heterocycles. The fraction of sp³-hybridized carbons (Fsp3) is 0.429. The zero-order valence-corrected chi connectivity index (χ0v) is 10.9. The molecule has 0 saturated heterocycles. The van der Waals surface area contributed by atoms with E-state index in [2.05, 4.69) is 29.4 Å². The van der Waals surface area contributed by atoms with Gasteiger partial charge in [0.1, 0.15) is 11.9 Å². The lowest BCUT2D eigenvalue weighted by Crippen LogP contribution is -2.21. The monoisotopic (exact) mass is 259 g/mol. The van der Waals surface area contributed by atoms with Crippen LogP contribution in [0.1, 0.15) is 16.8 Å². The van der Waals surface area contributed by atoms with Crippen molar-refractivity contribution in [1.29, 1.82) is 0 Å². The van der Waals surface area contributed by atoms with E-state index in [9.17, 15) is 0 Å². The van der Waals surface area contributed by atoms with Gasteiger partial charge in [0.15, 0.2) is 0 Å². The fourth-order valence-corrected chi connectivity index (χ4v) is 2.42. The molecule has 0 aliphatic carbocycles. The molecule has 1 aliphatic heterocycles. The standard InChI is InChI=1S/C14H17N3O2/c1-10-2-3-14-11(6-10)7-13(19-14)9-17-8-12(4-5-18)15-16-17/h2-3,6,8,13,18H,4-5,7,9H2,1H3. The summed E-state index contributed by atoms with van der Waals surface area (Å²) >= 11 is 0. The molecular formula is C14H17N3O2. The van der Waals surface area contributed by atoms with E-state index in [-0.39, 0.29) is 12.7 Å². The Hall–Kier alpha value is -1.88. The Labute approximate surface area is 111 Å². The van der Waals surface area contributed by atoms with E-state index >= 15 is 0 Å². The highest BCUT2D eigenvalue weighted by Gasteiger charge is 2.23. The maximum absolute atomic E-state index is 8.86. The first-order valence-corrected chi connectivity index (χ1v) is 6.50. The van der Waals surface area contributed by atoms with Crippen LogP contribution in [0.3, 0.4) is 0 Å². The zero-order chi connectivity index (χ0) is 13.2. The number of aromatic nitrogens is 3. The maximum Gasteiger partial charge on any atom is 0.123 e. The summed E-state index contributed by atoms with van der Waals surface area (Å²) in [4.78, 5) is 0. The van der Waals surface area contributed by atoms with Crippen molar-refractivity contribution in [3.63, 3.8) is 0 Å². The largest absolute Gasteiger partial charge is 0.488 e. The SMILES string of the molecule is Cc1ccc2c(c1)CC(Cn1cc(CCO)nn1)O2. The number of hydrogen-bond donors (Lipinski definition) is 1. The first-order valence-electron chi connectivity index (χ1n) is 6.50. The fourth-order valence-electron chi connectivity index (χ4n) is 2.42. The van der Waals surface area contributed by atoms with Crippen molar-refractivity contribution in [3.05, 3.63) is 41.2 Å². The number of fused-ring (bicyclic) bond motifs is 1. The van der Waals surface area contributed by atoms with Crippen LogP contribution in [0.25, 0.3) is 0 Å². The maximum atomic E-state index is 8.86. The van der Waals surface area contributed by atoms with Crippen molar-refractivity contribution in [2.75, 3.05) is 6.61 Å². The molecule has 0 fully saturated rings. The second kappa shape index (κ2) is 5.01. The molecule has 3 rings (SSSR count). The van der Waals surface area contributed by atoms with E-state index in [1.165, 1.54) is 11.1 Å². The van der Waals surface area contributed by atoms with Crippen LogP contribution in [0, 0.1) is 6.92 Å². The van der Waals surface area contributed by atoms with Gasteiger partial charge in [0.05, 0.1) is 12.2 Å². The second-order valence-electron chi connectivity index (χ2n) is 4.96. The van der Waals surface area contributed by atoms with E-state index in [4.69, 9.17) is 9.84 Å². The van der Waals surface area contributed by atoms with Crippen molar-refractivity contribution < 1.29 is 9.84 Å². The Bertz CT molecular complexity index is 580. The van der Waals surface area contributed by atoms with Gasteiger partial charge in [-0.15, -0.1) is 5.10 Å². The van der Waals surface area contributed by atoms with Gasteiger partial charge in [-0.3, -0.25) is 0 Å². The Morgan fingerprint density at radius 1 is 1.47 bits per heavy atom. The summed E-state index contributed by atoms with van der Waals surface area (Å²) in [5.74, 6) is 0.978. The van der Waals surface area contributed by atoms with Gasteiger partial charge in [-0.05, 0) is 18.6 Å². The van der Waals surface area contributed by atoms with Crippen molar-refractivity contribution in [1.82, 2.24) is 15.0 Å². The molecule has 0 amide bonds. The van der Waals surface area contributed by atoms with Gasteiger partial charge >= 0.3 is 0 Å². The van der Waals surface area contributed by atoms with Crippen LogP contribution in [-0.4, -0.2) is 32.8 Å². The van der Waals surface area contributed by atoms with Gasteiger partial charge in [0, 0.05) is 25.6 Å². The molecule has 5 heteroatoms. The molecule has 1 atom stereocenters. The van der Waals surface area contributed by atoms with Gasteiger partial charge in [-0.1, -0.05) is 22.9 Å². The minimum Gasteiger partial charge on any atom is -0.488 e. The molecule has 2 aromatic rings. The van der Waals surface area contributed by atoms with Gasteiger partial charge in [-0.25, -0.2) is 4.68 Å². The Morgan fingerprint density at radius 2 is 2.37 bits per heavy atom. The summed E-state index contributed by atoms with van der Waals surface area (Å²) in [5.41, 5.74) is 3.34. The molecule has 1 aromatic heterocycles. The Kier molecular flexibility index (Phi) is 3.21. The third-order valence-corrected chi connectivity index (χ3v) is 3.30. The van der Waals surface area contributed by atoms with Crippen molar-refractivity contribution >= 4 is 0 Å². The summed E-state index contributed by atoms with van der Waals surface area (Å²) in [5, 5.41) is 16.9. The molecule has 0 bridgehead atoms. The molecule has 1 N–H and O–H groups in total. The van der Waals surface area contributed by atoms with Gasteiger partial charge < -0.3 is 9.84 Å². The van der Waals surface area contributed by atoms with E-state index in [0.29, 0.717) is 13.0 Å². The lowest BCUT2D eigenvalue weighted by Gasteiger charge is -2.09. The first-order chi connectivity index (χ1) is 9.24. The molecule has 1 aliphatic rings. The highest BCUT2D eigenvalue weighted by molar-refractivity contribution is 5.40. The van der Waals surface area contributed by atoms with Crippen LogP contribution in [0.15, 0.2) is 24.4 Å². The summed E-state index contributed by atoms with van der Waals surface area (Å²) in [6.07, 6.45) is 3.44. The summed E-state index contributed by atoms with van der Waals surface area (Å²) in [6.45, 7) is 2.88. The minimum absolute atomic E-state index is 0.101. The van der Waals surface area contributed by atoms with E-state index < -0.39 is 0 Å². The Morgan fingerprint density at radius 3 is 3.21 bits per heavy atom. The summed E-state index contributed by atoms with van der Waals surface area (Å²) < 4.78 is 7.68. The van der Waals surface area contributed by atoms with Crippen LogP contribution in [0.4, 0.5) is 0 Å². The smallest absolute Gasteiger partial charge is 0.123 e. The Balaban J connectivity index is 1.66. The number of nitrogens with zero attached hydrogens (tertiary/aromatic N) is 3. The van der Waals surface area contributed by atoms with Crippen LogP contribution in [-0.2, 0) is 19.4 Å². The van der Waals surface area contributed by atoms with Crippen molar-refractivity contribution in [2.45, 2.75) is 32.4 Å². The predicted molar refractivity (Wildman–Crippen MR) is 70.1 cm³/mol. The molecule has 1 unspecified atom stereocenters. The molecule has 0 radical (unpaired) electrons. The first kappa shape index (κ1) is 12.2. The van der Waals surface area contributed by atoms with E-state index in [1.54, 1.807) is 4.68 Å². The summed E-state index contributed by atoms with van der Waals surface area (Å²) in [6, 6.07) is 6.27. The summed E-state index contributed by atoms with van der Waals surface area (Å²) in [7, 11) is 0. The van der Waals surface area contributed by atoms with E-state index in [1.807, 2.05) is 12.3 Å². The van der Waals surface area contributed by atoms with Crippen LogP contribution < -0.4 is 4.74 Å². The van der Waals surface area contributed by atoms with E-state index in [0.717, 1.165) is 17.9 Å². The van der Waals surface area contributed by atoms with Crippen LogP contribution in [0.2, 0.25) is 0 Å². The minimum atomic E-state index is 0.101. The zero-order valence-electron chi connectivity index (χ0n) is 10.9. The van der Waals surface area contributed by atoms with Crippen LogP contribution >= 0.6 is 0 Å². The van der Waals surface area contributed by atoms with Crippen LogP contribution in [0.5, 0.6) is 5.75 Å². The number of benzene rings is 1. The second-order valence-corrected chi connectivity index (χ2v) is 4.96. The normalized spacial score (nSPS) is 17.3. The van der Waals surface area contributed by atoms with Crippen molar-refractivity contribution in [2.24, 2.45) is 0 Å². The lowest BCUT2D eigenvalue weighted by atomic mass is 10.1. The highest BCUT2D eigenvalue weighted by Crippen LogP contribution is 2.29. The number of hydrogen-bond acceptors (Lipinski definition) is 4. The number of aliphatic hydroxyl groups is 1. The molecule has 5 nitrogen and oxygen atoms in total. The average Bonchev–Trinajstić information content (AvgIpc) is 2.96. The third-order valence-electron chi connectivity index (χ3n) is 3.30. The lowest BCUT2D eigenvalue weighted by molar-refractivity contribution is 0.202. The number of rotatable bonds is 4. The van der Waals surface area contributed by atoms with Gasteiger partial charge in [0.25, 0.3) is 0 Å². The molecule has 100 valence electrons. The predicted octanol–water partition coefficient (Wildman–Crippen LogP) is 1.13. The quantitative estimate of drug-likeness (QED) is 0.894. The van der Waals surface area contributed by atoms with Crippen molar-refractivity contribution in [3.8, 4) is 5.75 Å². The highest BCUT2D eigenvalue weighted by atomic mass is 16.5. The molecule has 0 spiro atoms. The number of aryl methyl sites for hydroxylation is 1. The van der Waals surface area contributed by atoms with Gasteiger partial charge in [0.2, 0.25) is 0 Å². The molecule has 19 heavy (non-hydrogen) atoms. The molecule has 1 aromatic carbocycles. The topological polar surface area (TPSA) is 60.2 Å². The number of ether oxygens (including phenoxy) is 1. The van der Waals surface area contributed by atoms with Gasteiger partial charge in [-0.2, -0.15) is 0 Å².